The van der Waals surface area contributed by atoms with Crippen LogP contribution in [0.1, 0.15) is 11.1 Å². The Morgan fingerprint density at radius 3 is 2.37 bits per heavy atom. The summed E-state index contributed by atoms with van der Waals surface area (Å²) in [5, 5.41) is 0. The molecule has 5 nitrogen and oxygen atoms in total. The zero-order valence-electron chi connectivity index (χ0n) is 14.1. The molecule has 0 unspecified atom stereocenters. The maximum atomic E-state index is 12.2. The van der Waals surface area contributed by atoms with Crippen LogP contribution in [0.5, 0.6) is 11.5 Å². The quantitative estimate of drug-likeness (QED) is 0.416. The molecule has 0 saturated heterocycles. The Morgan fingerprint density at radius 2 is 1.74 bits per heavy atom. The summed E-state index contributed by atoms with van der Waals surface area (Å²) in [5.74, 6) is 0.195. The van der Waals surface area contributed by atoms with Crippen molar-refractivity contribution in [1.29, 1.82) is 0 Å². The summed E-state index contributed by atoms with van der Waals surface area (Å²) in [6.07, 6.45) is 3.23. The van der Waals surface area contributed by atoms with Crippen molar-refractivity contribution in [3.05, 3.63) is 78.0 Å². The Bertz CT molecular complexity index is 887. The number of ether oxygens (including phenoxy) is 3. The van der Waals surface area contributed by atoms with Crippen LogP contribution in [0.25, 0.3) is 6.08 Å². The lowest BCUT2D eigenvalue weighted by Gasteiger charge is -2.04. The third-order valence-electron chi connectivity index (χ3n) is 3.50. The molecule has 0 amide bonds. The molecule has 27 heavy (non-hydrogen) atoms. The normalized spacial score (nSPS) is 14.9. The number of nitrogens with zero attached hydrogens (tertiary/aromatic N) is 1. The van der Waals surface area contributed by atoms with Crippen LogP contribution < -0.4 is 9.47 Å². The highest BCUT2D eigenvalue weighted by atomic mass is 19.3. The molecule has 0 aromatic heterocycles. The van der Waals surface area contributed by atoms with E-state index in [1.54, 1.807) is 36.4 Å². The number of hydrogen-bond donors (Lipinski definition) is 0. The first kappa shape index (κ1) is 18.3. The first-order chi connectivity index (χ1) is 13.0. The van der Waals surface area contributed by atoms with Crippen LogP contribution in [0.4, 0.5) is 8.78 Å². The first-order valence-corrected chi connectivity index (χ1v) is 7.97. The molecule has 1 aliphatic rings. The minimum Gasteiger partial charge on any atom is -0.490 e. The molecule has 0 spiro atoms. The highest BCUT2D eigenvalue weighted by molar-refractivity contribution is 6.12. The highest BCUT2D eigenvalue weighted by Gasteiger charge is 2.24. The molecular weight excluding hydrogens is 356 g/mol. The van der Waals surface area contributed by atoms with E-state index in [0.29, 0.717) is 17.9 Å². The van der Waals surface area contributed by atoms with Crippen molar-refractivity contribution in [1.82, 2.24) is 0 Å². The van der Waals surface area contributed by atoms with E-state index >= 15 is 0 Å². The second kappa shape index (κ2) is 8.27. The summed E-state index contributed by atoms with van der Waals surface area (Å²) >= 11 is 0. The number of aliphatic imine (C=N–C) groups is 1. The van der Waals surface area contributed by atoms with Gasteiger partial charge in [-0.3, -0.25) is 0 Å². The van der Waals surface area contributed by atoms with Gasteiger partial charge in [0.2, 0.25) is 5.90 Å². The predicted octanol–water partition coefficient (Wildman–Crippen LogP) is 4.20. The standard InChI is InChI=1S/C20H15F2NO4/c1-2-11-25-15-7-3-13(4-8-15)12-17-19(24)27-18(23-17)14-5-9-16(10-6-14)26-20(21)22/h2-10,12,20H,1,11H2/b17-12-. The van der Waals surface area contributed by atoms with E-state index in [1.165, 1.54) is 24.3 Å². The smallest absolute Gasteiger partial charge is 0.387 e. The topological polar surface area (TPSA) is 57.1 Å². The second-order valence-electron chi connectivity index (χ2n) is 5.41. The van der Waals surface area contributed by atoms with Crippen LogP contribution in [-0.4, -0.2) is 25.1 Å². The lowest BCUT2D eigenvalue weighted by Crippen LogP contribution is -2.06. The first-order valence-electron chi connectivity index (χ1n) is 7.97. The lowest BCUT2D eigenvalue weighted by atomic mass is 10.2. The third kappa shape index (κ3) is 4.78. The molecule has 7 heteroatoms. The van der Waals surface area contributed by atoms with Gasteiger partial charge >= 0.3 is 12.6 Å². The minimum absolute atomic E-state index is 0.00759. The predicted molar refractivity (Wildman–Crippen MR) is 95.8 cm³/mol. The van der Waals surface area contributed by atoms with Crippen molar-refractivity contribution in [2.75, 3.05) is 6.61 Å². The minimum atomic E-state index is -2.90. The van der Waals surface area contributed by atoms with Crippen molar-refractivity contribution >= 4 is 17.9 Å². The van der Waals surface area contributed by atoms with Gasteiger partial charge in [0.15, 0.2) is 5.70 Å². The van der Waals surface area contributed by atoms with Crippen LogP contribution >= 0.6 is 0 Å². The number of hydrogen-bond acceptors (Lipinski definition) is 5. The Balaban J connectivity index is 1.75. The van der Waals surface area contributed by atoms with Crippen LogP contribution in [-0.2, 0) is 9.53 Å². The largest absolute Gasteiger partial charge is 0.490 e. The Kier molecular flexibility index (Phi) is 5.61. The fourth-order valence-electron chi connectivity index (χ4n) is 2.28. The monoisotopic (exact) mass is 371 g/mol. The summed E-state index contributed by atoms with van der Waals surface area (Å²) in [6, 6.07) is 12.8. The molecule has 0 aliphatic carbocycles. The number of rotatable bonds is 7. The zero-order chi connectivity index (χ0) is 19.2. The molecule has 0 saturated carbocycles. The van der Waals surface area contributed by atoms with Crippen molar-refractivity contribution in [2.24, 2.45) is 4.99 Å². The Morgan fingerprint density at radius 1 is 1.07 bits per heavy atom. The number of halogens is 2. The molecule has 138 valence electrons. The SMILES string of the molecule is C=CCOc1ccc(/C=C2\N=C(c3ccc(OC(F)F)cc3)OC2=O)cc1. The average Bonchev–Trinajstić information content (AvgIpc) is 3.02. The fourth-order valence-corrected chi connectivity index (χ4v) is 2.28. The summed E-state index contributed by atoms with van der Waals surface area (Å²) in [7, 11) is 0. The summed E-state index contributed by atoms with van der Waals surface area (Å²) in [5.41, 5.74) is 1.36. The molecule has 2 aromatic rings. The van der Waals surface area contributed by atoms with Crippen molar-refractivity contribution in [3.8, 4) is 11.5 Å². The molecular formula is C20H15F2NO4. The van der Waals surface area contributed by atoms with Crippen LogP contribution in [0.2, 0.25) is 0 Å². The van der Waals surface area contributed by atoms with Crippen molar-refractivity contribution in [2.45, 2.75) is 6.61 Å². The van der Waals surface area contributed by atoms with E-state index in [1.807, 2.05) is 0 Å². The maximum Gasteiger partial charge on any atom is 0.387 e. The van der Waals surface area contributed by atoms with Crippen LogP contribution in [0.15, 0.2) is 71.9 Å². The molecule has 3 rings (SSSR count). The van der Waals surface area contributed by atoms with Gasteiger partial charge < -0.3 is 14.2 Å². The van der Waals surface area contributed by atoms with E-state index in [0.717, 1.165) is 5.56 Å². The van der Waals surface area contributed by atoms with Crippen molar-refractivity contribution in [3.63, 3.8) is 0 Å². The number of carbonyl (C=O) groups excluding carboxylic acids is 1. The van der Waals surface area contributed by atoms with E-state index in [-0.39, 0.29) is 17.3 Å². The molecule has 0 radical (unpaired) electrons. The van der Waals surface area contributed by atoms with Gasteiger partial charge in [-0.15, -0.1) is 0 Å². The lowest BCUT2D eigenvalue weighted by molar-refractivity contribution is -0.129. The van der Waals surface area contributed by atoms with Gasteiger partial charge in [0.1, 0.15) is 18.1 Å². The fraction of sp³-hybridized carbons (Fsp3) is 0.100. The number of benzene rings is 2. The average molecular weight is 371 g/mol. The van der Waals surface area contributed by atoms with Gasteiger partial charge in [-0.05, 0) is 48.0 Å². The summed E-state index contributed by atoms with van der Waals surface area (Å²) in [6.45, 7) is 1.08. The van der Waals surface area contributed by atoms with Gasteiger partial charge in [-0.25, -0.2) is 9.79 Å². The summed E-state index contributed by atoms with van der Waals surface area (Å²) in [4.78, 5) is 16.2. The highest BCUT2D eigenvalue weighted by Crippen LogP contribution is 2.22. The molecule has 2 aromatic carbocycles. The van der Waals surface area contributed by atoms with Gasteiger partial charge in [0, 0.05) is 5.56 Å². The number of carbonyl (C=O) groups is 1. The van der Waals surface area contributed by atoms with E-state index in [4.69, 9.17) is 9.47 Å². The molecule has 1 heterocycles. The van der Waals surface area contributed by atoms with Gasteiger partial charge in [-0.2, -0.15) is 8.78 Å². The van der Waals surface area contributed by atoms with Gasteiger partial charge in [0.25, 0.3) is 0 Å². The van der Waals surface area contributed by atoms with Gasteiger partial charge in [-0.1, -0.05) is 24.8 Å². The molecule has 0 atom stereocenters. The molecule has 0 fully saturated rings. The zero-order valence-corrected chi connectivity index (χ0v) is 14.1. The summed E-state index contributed by atoms with van der Waals surface area (Å²) < 4.78 is 39.2. The van der Waals surface area contributed by atoms with E-state index in [9.17, 15) is 13.6 Å². The second-order valence-corrected chi connectivity index (χ2v) is 5.41. The van der Waals surface area contributed by atoms with E-state index < -0.39 is 12.6 Å². The van der Waals surface area contributed by atoms with Crippen LogP contribution in [0, 0.1) is 0 Å². The van der Waals surface area contributed by atoms with Crippen LogP contribution in [0.3, 0.4) is 0 Å². The molecule has 0 bridgehead atoms. The molecule has 0 N–H and O–H groups in total. The Labute approximate surface area is 154 Å². The Hall–Kier alpha value is -3.48. The number of alkyl halides is 2. The molecule has 1 aliphatic heterocycles. The van der Waals surface area contributed by atoms with Crippen molar-refractivity contribution < 1.29 is 27.8 Å². The van der Waals surface area contributed by atoms with E-state index in [2.05, 4.69) is 16.3 Å². The third-order valence-corrected chi connectivity index (χ3v) is 3.50. The number of cyclic esters (lactones) is 1. The van der Waals surface area contributed by atoms with Gasteiger partial charge in [0.05, 0.1) is 0 Å². The maximum absolute atomic E-state index is 12.2. The number of esters is 1.